The molecule has 0 aromatic carbocycles. The fraction of sp³-hybridized carbons (Fsp3) is 0.636. The van der Waals surface area contributed by atoms with Crippen molar-refractivity contribution in [3.8, 4) is 0 Å². The summed E-state index contributed by atoms with van der Waals surface area (Å²) in [6, 6.07) is 0. The molecular weight excluding hydrogens is 248 g/mol. The van der Waals surface area contributed by atoms with E-state index in [9.17, 15) is 13.6 Å². The number of hydrogen-bond donors (Lipinski definition) is 0. The van der Waals surface area contributed by atoms with Crippen molar-refractivity contribution in [3.63, 3.8) is 0 Å². The molecule has 1 heterocycles. The van der Waals surface area contributed by atoms with Crippen LogP contribution in [0.25, 0.3) is 0 Å². The molecule has 94 valence electrons. The summed E-state index contributed by atoms with van der Waals surface area (Å²) in [4.78, 5) is 15.4. The van der Waals surface area contributed by atoms with Gasteiger partial charge < -0.3 is 4.74 Å². The first-order chi connectivity index (χ1) is 8.00. The summed E-state index contributed by atoms with van der Waals surface area (Å²) in [5, 5.41) is 2.04. The Kier molecular flexibility index (Phi) is 3.42. The van der Waals surface area contributed by atoms with Crippen molar-refractivity contribution in [1.82, 2.24) is 4.98 Å². The molecule has 3 nitrogen and oxygen atoms in total. The molecule has 0 unspecified atom stereocenters. The maximum Gasteiger partial charge on any atom is 0.367 e. The van der Waals surface area contributed by atoms with Gasteiger partial charge in [-0.3, -0.25) is 0 Å². The molecule has 17 heavy (non-hydrogen) atoms. The Bertz CT molecular complexity index is 411. The number of halogens is 2. The van der Waals surface area contributed by atoms with E-state index in [4.69, 9.17) is 4.74 Å². The number of carbonyl (C=O) groups is 1. The van der Waals surface area contributed by atoms with Crippen molar-refractivity contribution < 1.29 is 18.3 Å². The second-order valence-electron chi connectivity index (χ2n) is 4.20. The lowest BCUT2D eigenvalue weighted by Gasteiger charge is -2.34. The average molecular weight is 261 g/mol. The first-order valence-electron chi connectivity index (χ1n) is 5.49. The normalized spacial score (nSPS) is 18.8. The Hall–Kier alpha value is -1.04. The van der Waals surface area contributed by atoms with Gasteiger partial charge in [-0.25, -0.2) is 18.6 Å². The number of aromatic nitrogens is 1. The van der Waals surface area contributed by atoms with E-state index in [1.807, 2.05) is 0 Å². The van der Waals surface area contributed by atoms with Crippen LogP contribution in [0.15, 0.2) is 5.38 Å². The summed E-state index contributed by atoms with van der Waals surface area (Å²) in [7, 11) is 0. The highest BCUT2D eigenvalue weighted by molar-refractivity contribution is 7.11. The molecule has 1 aliphatic rings. The van der Waals surface area contributed by atoms with Crippen LogP contribution in [0, 0.1) is 5.92 Å². The molecule has 1 aromatic heterocycles. The summed E-state index contributed by atoms with van der Waals surface area (Å²) in [5.74, 6) is -2.95. The largest absolute Gasteiger partial charge is 0.461 e. The van der Waals surface area contributed by atoms with Crippen LogP contribution in [-0.4, -0.2) is 23.5 Å². The van der Waals surface area contributed by atoms with Crippen molar-refractivity contribution in [3.05, 3.63) is 16.1 Å². The Morgan fingerprint density at radius 2 is 2.35 bits per heavy atom. The van der Waals surface area contributed by atoms with Crippen LogP contribution in [-0.2, 0) is 11.2 Å². The lowest BCUT2D eigenvalue weighted by molar-refractivity contribution is -0.109. The molecule has 0 atom stereocenters. The lowest BCUT2D eigenvalue weighted by Crippen LogP contribution is -2.36. The first kappa shape index (κ1) is 12.4. The van der Waals surface area contributed by atoms with E-state index in [0.29, 0.717) is 23.7 Å². The molecule has 0 aliphatic heterocycles. The number of nitrogens with zero attached hydrogens (tertiary/aromatic N) is 1. The monoisotopic (exact) mass is 261 g/mol. The zero-order chi connectivity index (χ0) is 12.5. The second kappa shape index (κ2) is 4.68. The van der Waals surface area contributed by atoms with Crippen molar-refractivity contribution in [1.29, 1.82) is 0 Å². The molecule has 0 saturated heterocycles. The Morgan fingerprint density at radius 1 is 1.65 bits per heavy atom. The number of hydrogen-bond acceptors (Lipinski definition) is 4. The lowest BCUT2D eigenvalue weighted by atomic mass is 9.79. The van der Waals surface area contributed by atoms with E-state index >= 15 is 0 Å². The third-order valence-corrected chi connectivity index (χ3v) is 3.55. The van der Waals surface area contributed by atoms with Gasteiger partial charge in [0.15, 0.2) is 0 Å². The summed E-state index contributed by atoms with van der Waals surface area (Å²) in [6.07, 6.45) is 0.379. The maximum atomic E-state index is 12.6. The van der Waals surface area contributed by atoms with Crippen molar-refractivity contribution >= 4 is 17.3 Å². The predicted octanol–water partition coefficient (Wildman–Crippen LogP) is 2.91. The van der Waals surface area contributed by atoms with Crippen LogP contribution in [0.4, 0.5) is 8.78 Å². The van der Waals surface area contributed by atoms with Crippen LogP contribution in [0.3, 0.4) is 0 Å². The van der Waals surface area contributed by atoms with Crippen LogP contribution < -0.4 is 0 Å². The van der Waals surface area contributed by atoms with Gasteiger partial charge in [-0.15, -0.1) is 11.3 Å². The minimum absolute atomic E-state index is 0.0119. The zero-order valence-corrected chi connectivity index (χ0v) is 10.2. The van der Waals surface area contributed by atoms with Gasteiger partial charge in [-0.2, -0.15) is 0 Å². The summed E-state index contributed by atoms with van der Waals surface area (Å²) in [6.45, 7) is 2.03. The number of esters is 1. The highest BCUT2D eigenvalue weighted by Crippen LogP contribution is 2.43. The molecule has 6 heteroatoms. The molecule has 0 radical (unpaired) electrons. The number of carbonyl (C=O) groups excluding carboxylic acids is 1. The highest BCUT2D eigenvalue weighted by atomic mass is 32.1. The van der Waals surface area contributed by atoms with Crippen molar-refractivity contribution in [2.45, 2.75) is 32.1 Å². The maximum absolute atomic E-state index is 12.6. The topological polar surface area (TPSA) is 39.2 Å². The molecule has 2 rings (SSSR count). The Morgan fingerprint density at radius 3 is 2.94 bits per heavy atom. The second-order valence-corrected chi connectivity index (χ2v) is 5.06. The minimum Gasteiger partial charge on any atom is -0.461 e. The summed E-state index contributed by atoms with van der Waals surface area (Å²) < 4.78 is 30.1. The van der Waals surface area contributed by atoms with Gasteiger partial charge in [0.2, 0.25) is 10.9 Å². The van der Waals surface area contributed by atoms with Crippen molar-refractivity contribution in [2.75, 3.05) is 6.61 Å². The number of rotatable bonds is 4. The molecule has 0 N–H and O–H groups in total. The predicted molar refractivity (Wildman–Crippen MR) is 59.4 cm³/mol. The van der Waals surface area contributed by atoms with Gasteiger partial charge in [0.25, 0.3) is 0 Å². The molecular formula is C11H13F2NO2S. The smallest absolute Gasteiger partial charge is 0.367 e. The summed E-state index contributed by atoms with van der Waals surface area (Å²) >= 11 is 1.20. The average Bonchev–Trinajstić information content (AvgIpc) is 2.64. The van der Waals surface area contributed by atoms with Crippen LogP contribution in [0.1, 0.15) is 35.3 Å². The third-order valence-electron chi connectivity index (χ3n) is 2.67. The van der Waals surface area contributed by atoms with Crippen LogP contribution >= 0.6 is 11.3 Å². The SMILES string of the molecule is CCOC(=O)c1nc(CC2CC(F)(F)C2)cs1. The van der Waals surface area contributed by atoms with Crippen LogP contribution in [0.5, 0.6) is 0 Å². The van der Waals surface area contributed by atoms with Crippen molar-refractivity contribution in [2.24, 2.45) is 5.92 Å². The Balaban J connectivity index is 1.89. The van der Waals surface area contributed by atoms with Gasteiger partial charge >= 0.3 is 5.97 Å². The minimum atomic E-state index is -2.50. The molecule has 1 fully saturated rings. The molecule has 0 bridgehead atoms. The fourth-order valence-electron chi connectivity index (χ4n) is 1.91. The molecule has 1 aromatic rings. The standard InChI is InChI=1S/C11H13F2NO2S/c1-2-16-10(15)9-14-8(6-17-9)3-7-4-11(12,13)5-7/h6-7H,2-5H2,1H3. The highest BCUT2D eigenvalue weighted by Gasteiger charge is 2.45. The zero-order valence-electron chi connectivity index (χ0n) is 9.41. The number of alkyl halides is 2. The van der Waals surface area contributed by atoms with E-state index in [1.165, 1.54) is 11.3 Å². The number of ether oxygens (including phenoxy) is 1. The van der Waals surface area contributed by atoms with Gasteiger partial charge in [-0.05, 0) is 19.3 Å². The van der Waals surface area contributed by atoms with E-state index in [0.717, 1.165) is 0 Å². The molecule has 0 amide bonds. The number of thiazole rings is 1. The summed E-state index contributed by atoms with van der Waals surface area (Å²) in [5.41, 5.74) is 0.707. The fourth-order valence-corrected chi connectivity index (χ4v) is 2.63. The van der Waals surface area contributed by atoms with E-state index in [-0.39, 0.29) is 18.8 Å². The van der Waals surface area contributed by atoms with Gasteiger partial charge in [0.1, 0.15) is 0 Å². The third kappa shape index (κ3) is 3.00. The Labute approximate surface area is 102 Å². The van der Waals surface area contributed by atoms with E-state index in [1.54, 1.807) is 12.3 Å². The quantitative estimate of drug-likeness (QED) is 0.782. The van der Waals surface area contributed by atoms with Gasteiger partial charge in [0, 0.05) is 18.2 Å². The molecule has 1 aliphatic carbocycles. The van der Waals surface area contributed by atoms with Gasteiger partial charge in [0.05, 0.1) is 12.3 Å². The first-order valence-corrected chi connectivity index (χ1v) is 6.37. The van der Waals surface area contributed by atoms with Crippen LogP contribution in [0.2, 0.25) is 0 Å². The molecule has 0 spiro atoms. The van der Waals surface area contributed by atoms with Gasteiger partial charge in [-0.1, -0.05) is 0 Å². The molecule has 1 saturated carbocycles. The van der Waals surface area contributed by atoms with E-state index < -0.39 is 11.9 Å². The van der Waals surface area contributed by atoms with E-state index in [2.05, 4.69) is 4.98 Å².